The van der Waals surface area contributed by atoms with E-state index in [0.29, 0.717) is 49.6 Å². The summed E-state index contributed by atoms with van der Waals surface area (Å²) in [6.07, 6.45) is 2.43. The summed E-state index contributed by atoms with van der Waals surface area (Å²) in [5.41, 5.74) is 2.73. The summed E-state index contributed by atoms with van der Waals surface area (Å²) in [6.45, 7) is 6.68. The summed E-state index contributed by atoms with van der Waals surface area (Å²) in [5.74, 6) is 1.28. The van der Waals surface area contributed by atoms with Gasteiger partial charge in [-0.2, -0.15) is 0 Å². The molecule has 9 nitrogen and oxygen atoms in total. The normalized spacial score (nSPS) is 14.4. The third-order valence-corrected chi connectivity index (χ3v) is 6.38. The Hall–Kier alpha value is -3.11. The predicted octanol–water partition coefficient (Wildman–Crippen LogP) is 3.08. The van der Waals surface area contributed by atoms with Crippen LogP contribution in [-0.4, -0.2) is 70.3 Å². The molecule has 3 heterocycles. The van der Waals surface area contributed by atoms with Gasteiger partial charge in [0, 0.05) is 31.9 Å². The summed E-state index contributed by atoms with van der Waals surface area (Å²) in [6, 6.07) is 9.61. The smallest absolute Gasteiger partial charge is 0.277 e. The molecule has 2 aromatic heterocycles. The van der Waals surface area contributed by atoms with Gasteiger partial charge in [-0.05, 0) is 31.0 Å². The minimum absolute atomic E-state index is 0.0141. The maximum atomic E-state index is 12.6. The van der Waals surface area contributed by atoms with Crippen molar-refractivity contribution in [3.05, 3.63) is 47.9 Å². The molecule has 1 N–H and O–H groups in total. The number of hydrogen-bond donors (Lipinski definition) is 1. The number of aromatic nitrogens is 2. The van der Waals surface area contributed by atoms with Gasteiger partial charge >= 0.3 is 0 Å². The Labute approximate surface area is 196 Å². The SMILES string of the molecule is CCc1ccccc1NC(=O)CN1CCN(C(=O)CSc2nnc(-c3ccoc3C)o2)CC1. The maximum Gasteiger partial charge on any atom is 0.277 e. The van der Waals surface area contributed by atoms with Crippen molar-refractivity contribution in [3.63, 3.8) is 0 Å². The summed E-state index contributed by atoms with van der Waals surface area (Å²) in [4.78, 5) is 28.9. The summed E-state index contributed by atoms with van der Waals surface area (Å²) in [5, 5.41) is 11.4. The second kappa shape index (κ2) is 10.7. The molecule has 0 bridgehead atoms. The monoisotopic (exact) mass is 469 g/mol. The molecule has 0 spiro atoms. The second-order valence-corrected chi connectivity index (χ2v) is 8.69. The molecule has 33 heavy (non-hydrogen) atoms. The fourth-order valence-corrected chi connectivity index (χ4v) is 4.36. The molecule has 0 saturated carbocycles. The highest BCUT2D eigenvalue weighted by Gasteiger charge is 2.23. The molecule has 0 unspecified atom stereocenters. The van der Waals surface area contributed by atoms with E-state index in [1.807, 2.05) is 36.1 Å². The van der Waals surface area contributed by atoms with E-state index in [1.54, 1.807) is 12.3 Å². The van der Waals surface area contributed by atoms with Crippen molar-refractivity contribution < 1.29 is 18.4 Å². The molecule has 1 saturated heterocycles. The van der Waals surface area contributed by atoms with Gasteiger partial charge in [-0.1, -0.05) is 36.9 Å². The largest absolute Gasteiger partial charge is 0.469 e. The van der Waals surface area contributed by atoms with Gasteiger partial charge in [-0.25, -0.2) is 0 Å². The third kappa shape index (κ3) is 5.82. The van der Waals surface area contributed by atoms with Crippen LogP contribution in [0.25, 0.3) is 11.5 Å². The molecule has 2 amide bonds. The number of thioether (sulfide) groups is 1. The van der Waals surface area contributed by atoms with Gasteiger partial charge < -0.3 is 19.1 Å². The molecule has 1 aliphatic rings. The molecule has 3 aromatic rings. The zero-order valence-corrected chi connectivity index (χ0v) is 19.6. The van der Waals surface area contributed by atoms with Crippen molar-refractivity contribution in [3.8, 4) is 11.5 Å². The van der Waals surface area contributed by atoms with Crippen LogP contribution < -0.4 is 5.32 Å². The maximum absolute atomic E-state index is 12.6. The number of hydrogen-bond acceptors (Lipinski definition) is 8. The van der Waals surface area contributed by atoms with E-state index in [-0.39, 0.29) is 17.6 Å². The number of nitrogens with zero attached hydrogens (tertiary/aromatic N) is 4. The lowest BCUT2D eigenvalue weighted by Crippen LogP contribution is -2.50. The van der Waals surface area contributed by atoms with Gasteiger partial charge in [-0.15, -0.1) is 10.2 Å². The summed E-state index contributed by atoms with van der Waals surface area (Å²) >= 11 is 1.22. The van der Waals surface area contributed by atoms with Crippen LogP contribution in [0, 0.1) is 6.92 Å². The molecule has 1 aliphatic heterocycles. The third-order valence-electron chi connectivity index (χ3n) is 5.58. The van der Waals surface area contributed by atoms with Crippen LogP contribution in [0.1, 0.15) is 18.2 Å². The lowest BCUT2D eigenvalue weighted by Gasteiger charge is -2.34. The highest BCUT2D eigenvalue weighted by Crippen LogP contribution is 2.26. The number of para-hydroxylation sites is 1. The number of amides is 2. The Morgan fingerprint density at radius 3 is 2.64 bits per heavy atom. The van der Waals surface area contributed by atoms with Crippen LogP contribution in [-0.2, 0) is 16.0 Å². The van der Waals surface area contributed by atoms with Crippen LogP contribution in [0.2, 0.25) is 0 Å². The van der Waals surface area contributed by atoms with Gasteiger partial charge in [0.05, 0.1) is 24.1 Å². The van der Waals surface area contributed by atoms with Crippen molar-refractivity contribution in [1.29, 1.82) is 0 Å². The molecule has 0 radical (unpaired) electrons. The fourth-order valence-electron chi connectivity index (χ4n) is 3.70. The topological polar surface area (TPSA) is 105 Å². The fraction of sp³-hybridized carbons (Fsp3) is 0.391. The first-order valence-electron chi connectivity index (χ1n) is 10.9. The van der Waals surface area contributed by atoms with Crippen molar-refractivity contribution in [2.75, 3.05) is 43.8 Å². The van der Waals surface area contributed by atoms with Crippen molar-refractivity contribution in [1.82, 2.24) is 20.0 Å². The quantitative estimate of drug-likeness (QED) is 0.502. The first-order valence-corrected chi connectivity index (χ1v) is 11.9. The van der Waals surface area contributed by atoms with E-state index < -0.39 is 0 Å². The van der Waals surface area contributed by atoms with E-state index in [0.717, 1.165) is 23.2 Å². The molecule has 0 atom stereocenters. The van der Waals surface area contributed by atoms with E-state index in [9.17, 15) is 9.59 Å². The van der Waals surface area contributed by atoms with E-state index in [1.165, 1.54) is 11.8 Å². The van der Waals surface area contributed by atoms with E-state index in [4.69, 9.17) is 8.83 Å². The van der Waals surface area contributed by atoms with Crippen molar-refractivity contribution in [2.24, 2.45) is 0 Å². The number of benzene rings is 1. The Kier molecular flexibility index (Phi) is 7.46. The number of furan rings is 1. The number of aryl methyl sites for hydroxylation is 2. The van der Waals surface area contributed by atoms with Gasteiger partial charge in [0.1, 0.15) is 5.76 Å². The van der Waals surface area contributed by atoms with Crippen molar-refractivity contribution >= 4 is 29.3 Å². The number of carbonyl (C=O) groups excluding carboxylic acids is 2. The molecule has 0 aliphatic carbocycles. The Morgan fingerprint density at radius 2 is 1.91 bits per heavy atom. The van der Waals surface area contributed by atoms with Crippen LogP contribution in [0.3, 0.4) is 0 Å². The standard InChI is InChI=1S/C23H27N5O4S/c1-3-17-6-4-5-7-19(17)24-20(29)14-27-9-11-28(12-10-27)21(30)15-33-23-26-25-22(32-23)18-8-13-31-16(18)2/h4-8,13H,3,9-12,14-15H2,1-2H3,(H,24,29). The minimum atomic E-state index is -0.0358. The molecule has 10 heteroatoms. The van der Waals surface area contributed by atoms with E-state index >= 15 is 0 Å². The Balaban J connectivity index is 1.20. The number of nitrogens with one attached hydrogen (secondary N) is 1. The summed E-state index contributed by atoms with van der Waals surface area (Å²) in [7, 11) is 0. The van der Waals surface area contributed by atoms with Crippen LogP contribution in [0.5, 0.6) is 0 Å². The lowest BCUT2D eigenvalue weighted by molar-refractivity contribution is -0.130. The molecule has 1 aromatic carbocycles. The zero-order valence-electron chi connectivity index (χ0n) is 18.7. The van der Waals surface area contributed by atoms with Crippen LogP contribution >= 0.6 is 11.8 Å². The molecular formula is C23H27N5O4S. The predicted molar refractivity (Wildman–Crippen MR) is 125 cm³/mol. The zero-order chi connectivity index (χ0) is 23.2. The van der Waals surface area contributed by atoms with Crippen molar-refractivity contribution in [2.45, 2.75) is 25.5 Å². The molecular weight excluding hydrogens is 442 g/mol. The minimum Gasteiger partial charge on any atom is -0.469 e. The number of anilines is 1. The highest BCUT2D eigenvalue weighted by atomic mass is 32.2. The van der Waals surface area contributed by atoms with Gasteiger partial charge in [0.2, 0.25) is 11.8 Å². The lowest BCUT2D eigenvalue weighted by atomic mass is 10.1. The number of rotatable bonds is 8. The average Bonchev–Trinajstić information content (AvgIpc) is 3.47. The number of piperazine rings is 1. The second-order valence-electron chi connectivity index (χ2n) is 7.77. The molecule has 174 valence electrons. The highest BCUT2D eigenvalue weighted by molar-refractivity contribution is 7.99. The Bertz CT molecular complexity index is 1100. The Morgan fingerprint density at radius 1 is 1.12 bits per heavy atom. The van der Waals surface area contributed by atoms with Gasteiger partial charge in [0.25, 0.3) is 11.1 Å². The molecule has 4 rings (SSSR count). The van der Waals surface area contributed by atoms with Crippen LogP contribution in [0.4, 0.5) is 5.69 Å². The molecule has 1 fully saturated rings. The number of carbonyl (C=O) groups is 2. The van der Waals surface area contributed by atoms with E-state index in [2.05, 4.69) is 27.3 Å². The van der Waals surface area contributed by atoms with Gasteiger partial charge in [-0.3, -0.25) is 14.5 Å². The van der Waals surface area contributed by atoms with Crippen LogP contribution in [0.15, 0.2) is 50.7 Å². The first kappa shape index (κ1) is 23.1. The van der Waals surface area contributed by atoms with Gasteiger partial charge in [0.15, 0.2) is 0 Å². The first-order chi connectivity index (χ1) is 16.0. The summed E-state index contributed by atoms with van der Waals surface area (Å²) < 4.78 is 10.9. The average molecular weight is 470 g/mol.